The van der Waals surface area contributed by atoms with Gasteiger partial charge in [-0.1, -0.05) is 17.3 Å². The van der Waals surface area contributed by atoms with Gasteiger partial charge >= 0.3 is 10.4 Å². The average molecular weight is 711 g/mol. The summed E-state index contributed by atoms with van der Waals surface area (Å²) in [5, 5.41) is 11.7. The Bertz CT molecular complexity index is 1740. The first kappa shape index (κ1) is 35.1. The van der Waals surface area contributed by atoms with Crippen molar-refractivity contribution in [1.29, 1.82) is 0 Å². The SMILES string of the molecule is CC1(C)[C@H](NC(=O)/C(=N\OCCOc2ccc(-c3cn(CC4CNC4)[n+](CC(F)CN)c3)cc2)c2csc(N)n2)C(=O)N1OS(=O)(=O)O. The van der Waals surface area contributed by atoms with E-state index >= 15 is 0 Å². The van der Waals surface area contributed by atoms with Crippen molar-refractivity contribution >= 4 is 44.4 Å². The van der Waals surface area contributed by atoms with E-state index in [1.165, 1.54) is 19.2 Å². The number of carbonyl (C=O) groups excluding carboxylic acids is 2. The minimum Gasteiger partial charge on any atom is -0.490 e. The van der Waals surface area contributed by atoms with Gasteiger partial charge in [0.2, 0.25) is 12.7 Å². The third kappa shape index (κ3) is 8.25. The van der Waals surface area contributed by atoms with E-state index in [1.807, 2.05) is 33.9 Å². The first-order chi connectivity index (χ1) is 22.7. The molecule has 260 valence electrons. The van der Waals surface area contributed by atoms with Crippen LogP contribution in [0.4, 0.5) is 9.52 Å². The molecule has 2 atom stereocenters. The lowest BCUT2D eigenvalue weighted by Crippen LogP contribution is -2.76. The smallest absolute Gasteiger partial charge is 0.418 e. The van der Waals surface area contributed by atoms with E-state index in [1.54, 1.807) is 12.1 Å². The van der Waals surface area contributed by atoms with E-state index in [0.717, 1.165) is 42.1 Å². The number of benzene rings is 1. The lowest BCUT2D eigenvalue weighted by Gasteiger charge is -2.50. The third-order valence-corrected chi connectivity index (χ3v) is 8.76. The van der Waals surface area contributed by atoms with Crippen LogP contribution < -0.4 is 31.5 Å². The number of hydroxylamine groups is 2. The Labute approximate surface area is 279 Å². The first-order valence-electron chi connectivity index (χ1n) is 14.9. The molecule has 0 spiro atoms. The second kappa shape index (κ2) is 14.5. The molecule has 17 nitrogen and oxygen atoms in total. The zero-order valence-corrected chi connectivity index (χ0v) is 27.7. The molecule has 7 N–H and O–H groups in total. The number of rotatable bonds is 16. The van der Waals surface area contributed by atoms with Crippen LogP contribution in [0, 0.1) is 5.92 Å². The molecule has 2 aliphatic rings. The number of anilines is 1. The number of hydrogen-bond acceptors (Lipinski definition) is 13. The Morgan fingerprint density at radius 3 is 2.60 bits per heavy atom. The van der Waals surface area contributed by atoms with E-state index in [0.29, 0.717) is 16.7 Å². The number of nitrogen functional groups attached to an aromatic ring is 1. The van der Waals surface area contributed by atoms with E-state index < -0.39 is 40.0 Å². The van der Waals surface area contributed by atoms with Gasteiger partial charge < -0.3 is 31.7 Å². The van der Waals surface area contributed by atoms with Crippen molar-refractivity contribution in [2.45, 2.75) is 44.7 Å². The van der Waals surface area contributed by atoms with Gasteiger partial charge in [0, 0.05) is 30.9 Å². The first-order valence-corrected chi connectivity index (χ1v) is 17.1. The lowest BCUT2D eigenvalue weighted by atomic mass is 9.84. The van der Waals surface area contributed by atoms with Gasteiger partial charge in [0.1, 0.15) is 24.1 Å². The maximum Gasteiger partial charge on any atom is 0.418 e. The topological polar surface area (TPSA) is 230 Å². The number of β-lactam (4-membered cyclic amide) rings is 1. The normalized spacial score (nSPS) is 18.6. The third-order valence-electron chi connectivity index (χ3n) is 7.75. The predicted molar refractivity (Wildman–Crippen MR) is 170 cm³/mol. The molecule has 0 bridgehead atoms. The fraction of sp³-hybridized carbons (Fsp3) is 0.464. The number of nitrogens with two attached hydrogens (primary N) is 2. The fourth-order valence-corrected chi connectivity index (χ4v) is 6.06. The molecule has 4 heterocycles. The van der Waals surface area contributed by atoms with Crippen molar-refractivity contribution in [3.8, 4) is 16.9 Å². The van der Waals surface area contributed by atoms with Crippen molar-refractivity contribution in [2.24, 2.45) is 16.8 Å². The quantitative estimate of drug-likeness (QED) is 0.0321. The van der Waals surface area contributed by atoms with Crippen molar-refractivity contribution in [1.82, 2.24) is 25.4 Å². The molecule has 0 aliphatic carbocycles. The Kier molecular flexibility index (Phi) is 10.6. The molecule has 2 fully saturated rings. The summed E-state index contributed by atoms with van der Waals surface area (Å²) in [5.41, 5.74) is 11.6. The van der Waals surface area contributed by atoms with Gasteiger partial charge in [-0.2, -0.15) is 18.2 Å². The van der Waals surface area contributed by atoms with E-state index in [-0.39, 0.29) is 42.8 Å². The summed E-state index contributed by atoms with van der Waals surface area (Å²) in [5.74, 6) is -0.718. The highest BCUT2D eigenvalue weighted by Crippen LogP contribution is 2.33. The monoisotopic (exact) mass is 710 g/mol. The predicted octanol–water partition coefficient (Wildman–Crippen LogP) is -0.363. The summed E-state index contributed by atoms with van der Waals surface area (Å²) in [4.78, 5) is 35.0. The largest absolute Gasteiger partial charge is 0.490 e. The summed E-state index contributed by atoms with van der Waals surface area (Å²) in [6.45, 7) is 5.59. The average Bonchev–Trinajstić information content (AvgIpc) is 3.63. The molecule has 48 heavy (non-hydrogen) atoms. The molecule has 2 saturated heterocycles. The molecule has 3 aromatic rings. The number of amides is 2. The van der Waals surface area contributed by atoms with Crippen molar-refractivity contribution in [3.63, 3.8) is 0 Å². The molecule has 20 heteroatoms. The van der Waals surface area contributed by atoms with E-state index in [2.05, 4.69) is 25.1 Å². The summed E-state index contributed by atoms with van der Waals surface area (Å²) in [6, 6.07) is 6.14. The highest BCUT2D eigenvalue weighted by Gasteiger charge is 2.58. The van der Waals surface area contributed by atoms with Crippen molar-refractivity contribution < 1.29 is 45.5 Å². The molecule has 5 rings (SSSR count). The number of aromatic nitrogens is 3. The minimum absolute atomic E-state index is 0.0515. The Morgan fingerprint density at radius 1 is 1.29 bits per heavy atom. The molecule has 1 unspecified atom stereocenters. The molecule has 0 saturated carbocycles. The van der Waals surface area contributed by atoms with E-state index in [9.17, 15) is 22.4 Å². The standard InChI is InChI=1S/C28H36FN9O8S2/c1-28(2)24(26(40)38(28)46-48(41,42)43)34-25(39)23(22-16-47-27(31)33-22)35-45-8-7-44-21-5-3-18(4-6-21)19-13-36(12-17-10-32-11-17)37(14-19)15-20(29)9-30/h3-6,13-14,16-17,20,24,32H,7-12,15,30H2,1-2H3,(H3-,31,33,34,39,41,42,43)/p+1/b35-23-/t20?,24-/m1/s1. The fourth-order valence-electron chi connectivity index (χ4n) is 5.06. The van der Waals surface area contributed by atoms with Crippen LogP contribution in [-0.2, 0) is 42.2 Å². The number of ether oxygens (including phenoxy) is 1. The van der Waals surface area contributed by atoms with Crippen molar-refractivity contribution in [2.75, 3.05) is 38.6 Å². The zero-order valence-electron chi connectivity index (χ0n) is 26.1. The number of hydrogen-bond donors (Lipinski definition) is 5. The second-order valence-electron chi connectivity index (χ2n) is 11.7. The highest BCUT2D eigenvalue weighted by atomic mass is 32.3. The molecule has 1 aromatic carbocycles. The van der Waals surface area contributed by atoms with Crippen LogP contribution >= 0.6 is 11.3 Å². The highest BCUT2D eigenvalue weighted by molar-refractivity contribution is 7.80. The van der Waals surface area contributed by atoms with Crippen LogP contribution in [0.25, 0.3) is 11.1 Å². The van der Waals surface area contributed by atoms with Gasteiger partial charge in [0.15, 0.2) is 23.6 Å². The number of halogens is 1. The van der Waals surface area contributed by atoms with Gasteiger partial charge in [-0.25, -0.2) is 9.37 Å². The van der Waals surface area contributed by atoms with Crippen molar-refractivity contribution in [3.05, 3.63) is 47.7 Å². The van der Waals surface area contributed by atoms with Gasteiger partial charge in [-0.15, -0.1) is 20.3 Å². The second-order valence-corrected chi connectivity index (χ2v) is 13.6. The maximum atomic E-state index is 14.1. The number of nitrogens with zero attached hydrogens (tertiary/aromatic N) is 5. The summed E-state index contributed by atoms with van der Waals surface area (Å²) in [7, 11) is -4.96. The molecule has 2 aromatic heterocycles. The summed E-state index contributed by atoms with van der Waals surface area (Å²) >= 11 is 1.06. The zero-order chi connectivity index (χ0) is 34.6. The van der Waals surface area contributed by atoms with Crippen LogP contribution in [0.2, 0.25) is 0 Å². The Morgan fingerprint density at radius 2 is 2.02 bits per heavy atom. The maximum absolute atomic E-state index is 14.1. The number of carbonyl (C=O) groups is 2. The molecular formula is C28H37FN9O8S2+. The summed E-state index contributed by atoms with van der Waals surface area (Å²) in [6.07, 6.45) is 2.76. The van der Waals surface area contributed by atoms with Crippen LogP contribution in [0.1, 0.15) is 19.5 Å². The summed E-state index contributed by atoms with van der Waals surface area (Å²) < 4.78 is 59.2. The number of thiazole rings is 1. The van der Waals surface area contributed by atoms with Gasteiger partial charge in [0.25, 0.3) is 11.8 Å². The lowest BCUT2D eigenvalue weighted by molar-refractivity contribution is -0.779. The van der Waals surface area contributed by atoms with Crippen LogP contribution in [0.3, 0.4) is 0 Å². The van der Waals surface area contributed by atoms with E-state index in [4.69, 9.17) is 25.6 Å². The molecule has 2 amide bonds. The van der Waals surface area contributed by atoms with Crippen LogP contribution in [-0.4, -0.2) is 95.8 Å². The van der Waals surface area contributed by atoms with Crippen LogP contribution in [0.15, 0.2) is 47.2 Å². The number of oxime groups is 1. The minimum atomic E-state index is -4.96. The Hall–Kier alpha value is -4.21. The van der Waals surface area contributed by atoms with Gasteiger partial charge in [-0.05, 0) is 31.5 Å². The number of alkyl halides is 1. The van der Waals surface area contributed by atoms with Gasteiger partial charge in [-0.3, -0.25) is 14.1 Å². The Balaban J connectivity index is 1.17. The van der Waals surface area contributed by atoms with Crippen LogP contribution in [0.5, 0.6) is 5.75 Å². The molecular weight excluding hydrogens is 673 g/mol. The molecule has 2 aliphatic heterocycles. The number of nitrogens with one attached hydrogen (secondary N) is 2. The molecule has 0 radical (unpaired) electrons. The van der Waals surface area contributed by atoms with Gasteiger partial charge in [0.05, 0.1) is 23.8 Å².